The van der Waals surface area contributed by atoms with Gasteiger partial charge in [-0.25, -0.2) is 0 Å². The van der Waals surface area contributed by atoms with Crippen LogP contribution in [0.3, 0.4) is 0 Å². The average Bonchev–Trinajstić information content (AvgIpc) is 3.17. The number of rotatable bonds is 5. The van der Waals surface area contributed by atoms with E-state index in [-0.39, 0.29) is 5.91 Å². The molecule has 104 valence electrons. The minimum absolute atomic E-state index is 0.0763. The predicted octanol–water partition coefficient (Wildman–Crippen LogP) is 2.97. The first-order valence-electron chi connectivity index (χ1n) is 7.05. The van der Waals surface area contributed by atoms with Crippen LogP contribution in [0.5, 0.6) is 0 Å². The molecule has 0 unspecified atom stereocenters. The maximum atomic E-state index is 12.1. The fourth-order valence-corrected chi connectivity index (χ4v) is 2.50. The van der Waals surface area contributed by atoms with Crippen molar-refractivity contribution in [1.82, 2.24) is 4.90 Å². The van der Waals surface area contributed by atoms with Crippen molar-refractivity contribution in [2.75, 3.05) is 18.9 Å². The van der Waals surface area contributed by atoms with E-state index in [4.69, 9.17) is 0 Å². The SMILES string of the molecule is Cc1cccc(C)c1NC(=O)CN(C)[C@@H](C)C1CC1. The molecule has 0 saturated heterocycles. The van der Waals surface area contributed by atoms with E-state index in [2.05, 4.69) is 17.1 Å². The number of carbonyl (C=O) groups excluding carboxylic acids is 1. The smallest absolute Gasteiger partial charge is 0.238 e. The minimum atomic E-state index is 0.0763. The van der Waals surface area contributed by atoms with Crippen LogP contribution in [0.25, 0.3) is 0 Å². The van der Waals surface area contributed by atoms with Crippen molar-refractivity contribution in [2.24, 2.45) is 5.92 Å². The zero-order chi connectivity index (χ0) is 14.0. The first kappa shape index (κ1) is 14.1. The Morgan fingerprint density at radius 1 is 1.37 bits per heavy atom. The van der Waals surface area contributed by atoms with Crippen molar-refractivity contribution in [2.45, 2.75) is 39.7 Å². The molecular formula is C16H24N2O. The summed E-state index contributed by atoms with van der Waals surface area (Å²) < 4.78 is 0. The Morgan fingerprint density at radius 2 is 1.95 bits per heavy atom. The van der Waals surface area contributed by atoms with Crippen molar-refractivity contribution in [1.29, 1.82) is 0 Å². The molecule has 1 saturated carbocycles. The zero-order valence-electron chi connectivity index (χ0n) is 12.4. The van der Waals surface area contributed by atoms with Crippen LogP contribution in [0, 0.1) is 19.8 Å². The maximum absolute atomic E-state index is 12.1. The van der Waals surface area contributed by atoms with Crippen molar-refractivity contribution >= 4 is 11.6 Å². The average molecular weight is 260 g/mol. The van der Waals surface area contributed by atoms with Crippen LogP contribution >= 0.6 is 0 Å². The van der Waals surface area contributed by atoms with Crippen LogP contribution in [-0.4, -0.2) is 30.4 Å². The van der Waals surface area contributed by atoms with E-state index in [1.54, 1.807) is 0 Å². The molecule has 1 aromatic rings. The number of para-hydroxylation sites is 1. The highest BCUT2D eigenvalue weighted by molar-refractivity contribution is 5.93. The van der Waals surface area contributed by atoms with E-state index in [0.29, 0.717) is 12.6 Å². The van der Waals surface area contributed by atoms with Gasteiger partial charge in [0.05, 0.1) is 6.54 Å². The molecule has 19 heavy (non-hydrogen) atoms. The number of nitrogens with one attached hydrogen (secondary N) is 1. The van der Waals surface area contributed by atoms with Gasteiger partial charge < -0.3 is 5.32 Å². The summed E-state index contributed by atoms with van der Waals surface area (Å²) >= 11 is 0. The molecule has 0 spiro atoms. The van der Waals surface area contributed by atoms with E-state index in [0.717, 1.165) is 22.7 Å². The van der Waals surface area contributed by atoms with Crippen LogP contribution in [0.1, 0.15) is 30.9 Å². The van der Waals surface area contributed by atoms with E-state index in [9.17, 15) is 4.79 Å². The van der Waals surface area contributed by atoms with Crippen molar-refractivity contribution in [3.05, 3.63) is 29.3 Å². The topological polar surface area (TPSA) is 32.3 Å². The fourth-order valence-electron chi connectivity index (χ4n) is 2.50. The Bertz CT molecular complexity index is 446. The Balaban J connectivity index is 1.93. The van der Waals surface area contributed by atoms with Gasteiger partial charge >= 0.3 is 0 Å². The van der Waals surface area contributed by atoms with Crippen LogP contribution < -0.4 is 5.32 Å². The number of likely N-dealkylation sites (N-methyl/N-ethyl adjacent to an activating group) is 1. The fraction of sp³-hybridized carbons (Fsp3) is 0.562. The standard InChI is InChI=1S/C16H24N2O/c1-11-6-5-7-12(2)16(11)17-15(19)10-18(4)13(3)14-8-9-14/h5-7,13-14H,8-10H2,1-4H3,(H,17,19)/t13-/m0/s1. The molecule has 2 rings (SSSR count). The van der Waals surface area contributed by atoms with Gasteiger partial charge in [0.15, 0.2) is 0 Å². The van der Waals surface area contributed by atoms with Gasteiger partial charge in [0.2, 0.25) is 5.91 Å². The summed E-state index contributed by atoms with van der Waals surface area (Å²) in [5.41, 5.74) is 3.19. The lowest BCUT2D eigenvalue weighted by molar-refractivity contribution is -0.117. The minimum Gasteiger partial charge on any atom is -0.324 e. The number of hydrogen-bond donors (Lipinski definition) is 1. The van der Waals surface area contributed by atoms with E-state index >= 15 is 0 Å². The highest BCUT2D eigenvalue weighted by Gasteiger charge is 2.31. The molecule has 0 heterocycles. The van der Waals surface area contributed by atoms with Crippen LogP contribution in [0.15, 0.2) is 18.2 Å². The molecule has 1 N–H and O–H groups in total. The highest BCUT2D eigenvalue weighted by Crippen LogP contribution is 2.34. The van der Waals surface area contributed by atoms with Gasteiger partial charge in [0.1, 0.15) is 0 Å². The predicted molar refractivity (Wildman–Crippen MR) is 79.4 cm³/mol. The highest BCUT2D eigenvalue weighted by atomic mass is 16.2. The number of anilines is 1. The molecule has 1 atom stereocenters. The number of benzene rings is 1. The van der Waals surface area contributed by atoms with Crippen LogP contribution in [0.4, 0.5) is 5.69 Å². The third-order valence-electron chi connectivity index (χ3n) is 4.14. The van der Waals surface area contributed by atoms with Gasteiger partial charge in [-0.15, -0.1) is 0 Å². The number of carbonyl (C=O) groups is 1. The van der Waals surface area contributed by atoms with Gasteiger partial charge in [0.25, 0.3) is 0 Å². The number of aryl methyl sites for hydroxylation is 2. The molecular weight excluding hydrogens is 236 g/mol. The lowest BCUT2D eigenvalue weighted by Crippen LogP contribution is -2.37. The quantitative estimate of drug-likeness (QED) is 0.882. The number of nitrogens with zero attached hydrogens (tertiary/aromatic N) is 1. The van der Waals surface area contributed by atoms with Crippen molar-refractivity contribution in [3.8, 4) is 0 Å². The molecule has 1 aliphatic rings. The summed E-state index contributed by atoms with van der Waals surface area (Å²) in [5, 5.41) is 3.04. The van der Waals surface area contributed by atoms with Crippen LogP contribution in [-0.2, 0) is 4.79 Å². The summed E-state index contributed by atoms with van der Waals surface area (Å²) in [7, 11) is 2.03. The second-order valence-corrected chi connectivity index (χ2v) is 5.81. The maximum Gasteiger partial charge on any atom is 0.238 e. The molecule has 0 aromatic heterocycles. The second-order valence-electron chi connectivity index (χ2n) is 5.81. The summed E-state index contributed by atoms with van der Waals surface area (Å²) in [4.78, 5) is 14.3. The number of amides is 1. The van der Waals surface area contributed by atoms with Gasteiger partial charge in [-0.05, 0) is 57.7 Å². The molecule has 0 bridgehead atoms. The molecule has 0 radical (unpaired) electrons. The van der Waals surface area contributed by atoms with Crippen molar-refractivity contribution < 1.29 is 4.79 Å². The Labute approximate surface area is 116 Å². The molecule has 1 amide bonds. The molecule has 1 aromatic carbocycles. The normalized spacial score (nSPS) is 16.5. The van der Waals surface area contributed by atoms with E-state index < -0.39 is 0 Å². The molecule has 1 aliphatic carbocycles. The zero-order valence-corrected chi connectivity index (χ0v) is 12.4. The van der Waals surface area contributed by atoms with Crippen LogP contribution in [0.2, 0.25) is 0 Å². The first-order valence-corrected chi connectivity index (χ1v) is 7.05. The van der Waals surface area contributed by atoms with Gasteiger partial charge in [0, 0.05) is 11.7 Å². The van der Waals surface area contributed by atoms with Gasteiger partial charge in [-0.3, -0.25) is 9.69 Å². The summed E-state index contributed by atoms with van der Waals surface area (Å²) in [6.07, 6.45) is 2.62. The van der Waals surface area contributed by atoms with Crippen molar-refractivity contribution in [3.63, 3.8) is 0 Å². The molecule has 3 heteroatoms. The largest absolute Gasteiger partial charge is 0.324 e. The number of hydrogen-bond acceptors (Lipinski definition) is 2. The summed E-state index contributed by atoms with van der Waals surface area (Å²) in [5.74, 6) is 0.866. The third-order valence-corrected chi connectivity index (χ3v) is 4.14. The lowest BCUT2D eigenvalue weighted by atomic mass is 10.1. The molecule has 3 nitrogen and oxygen atoms in total. The van der Waals surface area contributed by atoms with E-state index in [1.807, 2.05) is 39.1 Å². The molecule has 1 fully saturated rings. The first-order chi connectivity index (χ1) is 8.99. The Morgan fingerprint density at radius 3 is 2.47 bits per heavy atom. The van der Waals surface area contributed by atoms with Gasteiger partial charge in [-0.2, -0.15) is 0 Å². The monoisotopic (exact) mass is 260 g/mol. The third kappa shape index (κ3) is 3.57. The molecule has 0 aliphatic heterocycles. The lowest BCUT2D eigenvalue weighted by Gasteiger charge is -2.24. The summed E-state index contributed by atoms with van der Waals surface area (Å²) in [6, 6.07) is 6.57. The second kappa shape index (κ2) is 5.74. The Kier molecular flexibility index (Phi) is 4.25. The van der Waals surface area contributed by atoms with Gasteiger partial charge in [-0.1, -0.05) is 18.2 Å². The summed E-state index contributed by atoms with van der Waals surface area (Å²) in [6.45, 7) is 6.73. The Hall–Kier alpha value is -1.35. The van der Waals surface area contributed by atoms with E-state index in [1.165, 1.54) is 12.8 Å².